The van der Waals surface area contributed by atoms with E-state index >= 15 is 0 Å². The van der Waals surface area contributed by atoms with Crippen LogP contribution in [0.3, 0.4) is 0 Å². The first-order valence-corrected chi connectivity index (χ1v) is 15.0. The Kier molecular flexibility index (Phi) is 11.6. The molecule has 0 aliphatic heterocycles. The van der Waals surface area contributed by atoms with E-state index in [1.54, 1.807) is 11.0 Å². The molecule has 7 heteroatoms. The first-order valence-electron chi connectivity index (χ1n) is 15.0. The van der Waals surface area contributed by atoms with Crippen LogP contribution in [-0.2, 0) is 32.9 Å². The summed E-state index contributed by atoms with van der Waals surface area (Å²) in [5.74, 6) is -0.345. The number of aryl methyl sites for hydroxylation is 2. The van der Waals surface area contributed by atoms with Crippen molar-refractivity contribution < 1.29 is 19.1 Å². The summed E-state index contributed by atoms with van der Waals surface area (Å²) >= 11 is 0. The van der Waals surface area contributed by atoms with Gasteiger partial charge in [0.1, 0.15) is 11.3 Å². The summed E-state index contributed by atoms with van der Waals surface area (Å²) in [6.07, 6.45) is 6.88. The zero-order chi connectivity index (χ0) is 30.0. The van der Waals surface area contributed by atoms with Crippen molar-refractivity contribution in [2.75, 3.05) is 13.6 Å². The molecule has 41 heavy (non-hydrogen) atoms. The molecule has 0 spiro atoms. The number of carbonyl (C=O) groups excluding carboxylic acids is 3. The number of benzene rings is 2. The molecule has 0 bridgehead atoms. The normalized spacial score (nSPS) is 12.6. The van der Waals surface area contributed by atoms with Crippen LogP contribution in [0.5, 0.6) is 5.75 Å². The Morgan fingerprint density at radius 1 is 0.951 bits per heavy atom. The highest BCUT2D eigenvalue weighted by atomic mass is 16.5. The number of aromatic nitrogens is 1. The van der Waals surface area contributed by atoms with Crippen molar-refractivity contribution in [2.24, 2.45) is 0 Å². The molecule has 1 aromatic heterocycles. The van der Waals surface area contributed by atoms with Crippen molar-refractivity contribution in [3.63, 3.8) is 0 Å². The van der Waals surface area contributed by atoms with E-state index in [0.29, 0.717) is 18.7 Å². The number of carbonyl (C=O) groups is 3. The molecule has 2 amide bonds. The Hall–Kier alpha value is -3.61. The highest BCUT2D eigenvalue weighted by molar-refractivity contribution is 5.99. The van der Waals surface area contributed by atoms with Crippen LogP contribution in [0.4, 0.5) is 0 Å². The largest absolute Gasteiger partial charge is 0.427 e. The Labute approximate surface area is 245 Å². The molecule has 3 rings (SSSR count). The zero-order valence-electron chi connectivity index (χ0n) is 25.7. The summed E-state index contributed by atoms with van der Waals surface area (Å²) < 4.78 is 7.74. The second-order valence-corrected chi connectivity index (χ2v) is 11.1. The third-order valence-electron chi connectivity index (χ3n) is 7.78. The molecule has 3 aromatic rings. The first-order chi connectivity index (χ1) is 19.6. The van der Waals surface area contributed by atoms with Crippen LogP contribution in [-0.4, -0.2) is 40.8 Å². The molecule has 0 aliphatic carbocycles. The quantitative estimate of drug-likeness (QED) is 0.128. The van der Waals surface area contributed by atoms with E-state index < -0.39 is 11.5 Å². The standard InChI is InChI=1S/C34H47N3O4/c1-7-9-14-21-34(35-26(4)38,33(40)36(6)22-10-8-2)32-25(3)37(23-15-18-28-16-12-11-13-17-28)31-20-19-29(24-30(31)32)41-27(5)39/h11-13,16-17,19-20,24H,7-10,14-15,18,21-23H2,1-6H3,(H,35,38). The van der Waals surface area contributed by atoms with Gasteiger partial charge in [0.2, 0.25) is 5.91 Å². The van der Waals surface area contributed by atoms with Crippen LogP contribution in [0.1, 0.15) is 89.5 Å². The number of rotatable bonds is 15. The fourth-order valence-corrected chi connectivity index (χ4v) is 5.88. The fourth-order valence-electron chi connectivity index (χ4n) is 5.88. The minimum atomic E-state index is -1.24. The third-order valence-corrected chi connectivity index (χ3v) is 7.78. The van der Waals surface area contributed by atoms with Gasteiger partial charge in [-0.25, -0.2) is 0 Å². The van der Waals surface area contributed by atoms with Crippen LogP contribution >= 0.6 is 0 Å². The van der Waals surface area contributed by atoms with Gasteiger partial charge in [0, 0.05) is 56.1 Å². The summed E-state index contributed by atoms with van der Waals surface area (Å²) in [5, 5.41) is 3.99. The SMILES string of the molecule is CCCCCC(NC(C)=O)(C(=O)N(C)CCCC)c1c(C)n(CCCc2ccccc2)c2ccc(OC(C)=O)cc12. The number of fused-ring (bicyclic) bond motifs is 1. The number of likely N-dealkylation sites (N-methyl/N-ethyl adjacent to an activating group) is 1. The molecule has 1 heterocycles. The monoisotopic (exact) mass is 561 g/mol. The predicted molar refractivity (Wildman–Crippen MR) is 165 cm³/mol. The van der Waals surface area contributed by atoms with Crippen molar-refractivity contribution >= 4 is 28.7 Å². The molecule has 2 aromatic carbocycles. The lowest BCUT2D eigenvalue weighted by atomic mass is 9.81. The zero-order valence-corrected chi connectivity index (χ0v) is 25.7. The molecule has 0 aliphatic rings. The van der Waals surface area contributed by atoms with E-state index in [1.165, 1.54) is 19.4 Å². The number of nitrogens with zero attached hydrogens (tertiary/aromatic N) is 2. The first kappa shape index (κ1) is 31.9. The van der Waals surface area contributed by atoms with Gasteiger partial charge in [0.15, 0.2) is 0 Å². The lowest BCUT2D eigenvalue weighted by Gasteiger charge is -2.37. The molecular formula is C34H47N3O4. The van der Waals surface area contributed by atoms with Crippen LogP contribution in [0.25, 0.3) is 10.9 Å². The van der Waals surface area contributed by atoms with Crippen LogP contribution in [0, 0.1) is 6.92 Å². The third kappa shape index (κ3) is 7.78. The van der Waals surface area contributed by atoms with Crippen molar-refractivity contribution in [1.82, 2.24) is 14.8 Å². The second kappa shape index (κ2) is 14.9. The summed E-state index contributed by atoms with van der Waals surface area (Å²) in [7, 11) is 1.83. The van der Waals surface area contributed by atoms with Gasteiger partial charge >= 0.3 is 5.97 Å². The minimum absolute atomic E-state index is 0.110. The van der Waals surface area contributed by atoms with Crippen molar-refractivity contribution in [1.29, 1.82) is 0 Å². The lowest BCUT2D eigenvalue weighted by molar-refractivity contribution is -0.141. The molecule has 222 valence electrons. The maximum absolute atomic E-state index is 14.5. The van der Waals surface area contributed by atoms with Gasteiger partial charge in [-0.2, -0.15) is 0 Å². The highest BCUT2D eigenvalue weighted by Crippen LogP contribution is 2.41. The van der Waals surface area contributed by atoms with E-state index in [2.05, 4.69) is 48.0 Å². The summed E-state index contributed by atoms with van der Waals surface area (Å²) in [5.41, 5.74) is 2.72. The van der Waals surface area contributed by atoms with Crippen LogP contribution < -0.4 is 10.1 Å². The summed E-state index contributed by atoms with van der Waals surface area (Å²) in [4.78, 5) is 40.9. The molecule has 1 unspecified atom stereocenters. The number of nitrogens with one attached hydrogen (secondary N) is 1. The van der Waals surface area contributed by atoms with Gasteiger partial charge in [-0.3, -0.25) is 14.4 Å². The van der Waals surface area contributed by atoms with Gasteiger partial charge in [0.25, 0.3) is 5.91 Å². The Bertz CT molecular complexity index is 1330. The molecule has 7 nitrogen and oxygen atoms in total. The summed E-state index contributed by atoms with van der Waals surface area (Å²) in [6.45, 7) is 10.5. The van der Waals surface area contributed by atoms with Crippen molar-refractivity contribution in [3.05, 3.63) is 65.4 Å². The Morgan fingerprint density at radius 3 is 2.29 bits per heavy atom. The van der Waals surface area contributed by atoms with Crippen molar-refractivity contribution in [3.8, 4) is 5.75 Å². The van der Waals surface area contributed by atoms with E-state index in [0.717, 1.165) is 73.7 Å². The van der Waals surface area contributed by atoms with Crippen molar-refractivity contribution in [2.45, 2.75) is 98.1 Å². The minimum Gasteiger partial charge on any atom is -0.427 e. The molecule has 0 saturated heterocycles. The van der Waals surface area contributed by atoms with Gasteiger partial charge in [-0.05, 0) is 56.4 Å². The average molecular weight is 562 g/mol. The Balaban J connectivity index is 2.23. The number of ether oxygens (including phenoxy) is 1. The number of amides is 2. The molecule has 0 saturated carbocycles. The number of unbranched alkanes of at least 4 members (excludes halogenated alkanes) is 3. The second-order valence-electron chi connectivity index (χ2n) is 11.1. The van der Waals surface area contributed by atoms with E-state index in [4.69, 9.17) is 4.74 Å². The lowest BCUT2D eigenvalue weighted by Crippen LogP contribution is -2.56. The highest BCUT2D eigenvalue weighted by Gasteiger charge is 2.45. The average Bonchev–Trinajstić information content (AvgIpc) is 3.21. The number of hydrogen-bond donors (Lipinski definition) is 1. The molecular weight excluding hydrogens is 514 g/mol. The predicted octanol–water partition coefficient (Wildman–Crippen LogP) is 6.68. The number of esters is 1. The molecule has 0 fully saturated rings. The van der Waals surface area contributed by atoms with Crippen LogP contribution in [0.15, 0.2) is 48.5 Å². The molecule has 1 atom stereocenters. The maximum Gasteiger partial charge on any atom is 0.308 e. The van der Waals surface area contributed by atoms with E-state index in [9.17, 15) is 14.4 Å². The van der Waals surface area contributed by atoms with Gasteiger partial charge < -0.3 is 19.5 Å². The van der Waals surface area contributed by atoms with E-state index in [1.807, 2.05) is 32.2 Å². The van der Waals surface area contributed by atoms with Crippen LogP contribution in [0.2, 0.25) is 0 Å². The number of hydrogen-bond acceptors (Lipinski definition) is 4. The van der Waals surface area contributed by atoms with Gasteiger partial charge in [0.05, 0.1) is 0 Å². The molecule has 1 N–H and O–H groups in total. The smallest absolute Gasteiger partial charge is 0.308 e. The fraction of sp³-hybridized carbons (Fsp3) is 0.500. The maximum atomic E-state index is 14.5. The Morgan fingerprint density at radius 2 is 1.66 bits per heavy atom. The van der Waals surface area contributed by atoms with E-state index in [-0.39, 0.29) is 11.8 Å². The molecule has 0 radical (unpaired) electrons. The topological polar surface area (TPSA) is 80.6 Å². The van der Waals surface area contributed by atoms with Gasteiger partial charge in [-0.15, -0.1) is 0 Å². The van der Waals surface area contributed by atoms with Gasteiger partial charge in [-0.1, -0.05) is 69.9 Å². The summed E-state index contributed by atoms with van der Waals surface area (Å²) in [6, 6.07) is 16.0.